The molecule has 0 spiro atoms. The zero-order valence-electron chi connectivity index (χ0n) is 16.2. The fourth-order valence-electron chi connectivity index (χ4n) is 5.72. The second-order valence-electron chi connectivity index (χ2n) is 8.48. The number of fused-ring (bicyclic) bond motifs is 5. The molecule has 5 atom stereocenters. The molecular formula is C24H23FO3. The minimum Gasteiger partial charge on any atom is -0.511 e. The number of carbonyl (C=O) groups is 1. The molecule has 1 N–H and O–H groups in total. The summed E-state index contributed by atoms with van der Waals surface area (Å²) in [5.41, 5.74) is 5.50. The van der Waals surface area contributed by atoms with Gasteiger partial charge in [-0.3, -0.25) is 4.79 Å². The van der Waals surface area contributed by atoms with Crippen LogP contribution < -0.4 is 0 Å². The zero-order chi connectivity index (χ0) is 19.7. The van der Waals surface area contributed by atoms with Gasteiger partial charge in [-0.2, -0.15) is 0 Å². The van der Waals surface area contributed by atoms with Crippen molar-refractivity contribution >= 4 is 11.4 Å². The minimum atomic E-state index is -0.309. The van der Waals surface area contributed by atoms with Crippen molar-refractivity contribution in [2.45, 2.75) is 45.3 Å². The Morgan fingerprint density at radius 2 is 1.68 bits per heavy atom. The van der Waals surface area contributed by atoms with Crippen molar-refractivity contribution in [3.05, 3.63) is 75.8 Å². The second-order valence-corrected chi connectivity index (χ2v) is 8.48. The smallest absolute Gasteiger partial charge is 0.173 e. The molecule has 2 saturated heterocycles. The molecule has 144 valence electrons. The molecule has 0 saturated carbocycles. The Hall–Kier alpha value is -2.46. The summed E-state index contributed by atoms with van der Waals surface area (Å²) in [4.78, 5) is 13.3. The number of halogens is 1. The van der Waals surface area contributed by atoms with Gasteiger partial charge in [0.15, 0.2) is 5.78 Å². The number of ether oxygens (including phenoxy) is 1. The standard InChI is InChI=1S/C24H23FO3/c1-11-8-12(2)18(13(3)9-11)20-22(26)19-17-10-16(14-4-6-15(25)7-5-14)24(28-17)21(19)23(20)27/h4-9,16-17,19,21,24,27H,10H2,1-3H3/t16?,17?,19-,21+,24?/m0/s1. The molecule has 2 heterocycles. The molecule has 0 aromatic heterocycles. The third-order valence-electron chi connectivity index (χ3n) is 6.70. The number of allylic oxidation sites excluding steroid dienone is 1. The molecule has 3 aliphatic rings. The molecule has 0 amide bonds. The van der Waals surface area contributed by atoms with E-state index in [0.29, 0.717) is 5.57 Å². The largest absolute Gasteiger partial charge is 0.511 e. The Labute approximate surface area is 163 Å². The molecule has 2 bridgehead atoms. The predicted octanol–water partition coefficient (Wildman–Crippen LogP) is 4.79. The third-order valence-corrected chi connectivity index (χ3v) is 6.70. The number of aliphatic hydroxyl groups excluding tert-OH is 1. The lowest BCUT2D eigenvalue weighted by Gasteiger charge is -2.27. The molecule has 3 unspecified atom stereocenters. The van der Waals surface area contributed by atoms with E-state index in [0.717, 1.165) is 34.2 Å². The van der Waals surface area contributed by atoms with Gasteiger partial charge >= 0.3 is 0 Å². The molecule has 3 nitrogen and oxygen atoms in total. The van der Waals surface area contributed by atoms with E-state index in [4.69, 9.17) is 4.74 Å². The fourth-order valence-corrected chi connectivity index (χ4v) is 5.72. The summed E-state index contributed by atoms with van der Waals surface area (Å²) in [7, 11) is 0. The Morgan fingerprint density at radius 1 is 1.04 bits per heavy atom. The van der Waals surface area contributed by atoms with Crippen LogP contribution in [0.4, 0.5) is 4.39 Å². The maximum Gasteiger partial charge on any atom is 0.173 e. The number of ketones is 1. The van der Waals surface area contributed by atoms with Crippen LogP contribution in [-0.2, 0) is 9.53 Å². The van der Waals surface area contributed by atoms with Crippen LogP contribution in [-0.4, -0.2) is 23.1 Å². The average molecular weight is 378 g/mol. The molecule has 4 heteroatoms. The van der Waals surface area contributed by atoms with Gasteiger partial charge in [-0.1, -0.05) is 29.8 Å². The summed E-state index contributed by atoms with van der Waals surface area (Å²) in [5.74, 6) is -0.640. The Kier molecular flexibility index (Phi) is 3.79. The van der Waals surface area contributed by atoms with Crippen LogP contribution in [0.25, 0.3) is 5.57 Å². The van der Waals surface area contributed by atoms with Crippen molar-refractivity contribution in [1.29, 1.82) is 0 Å². The lowest BCUT2D eigenvalue weighted by molar-refractivity contribution is -0.118. The molecule has 2 aromatic rings. The molecule has 28 heavy (non-hydrogen) atoms. The van der Waals surface area contributed by atoms with Crippen LogP contribution in [0.5, 0.6) is 0 Å². The second kappa shape index (κ2) is 6.02. The summed E-state index contributed by atoms with van der Waals surface area (Å²) in [6.07, 6.45) is 0.298. The highest BCUT2D eigenvalue weighted by Crippen LogP contribution is 2.58. The fraction of sp³-hybridized carbons (Fsp3) is 0.375. The predicted molar refractivity (Wildman–Crippen MR) is 105 cm³/mol. The number of Topliss-reactive ketones (excluding diaryl/α,β-unsaturated/α-hetero) is 1. The lowest BCUT2D eigenvalue weighted by atomic mass is 9.72. The Bertz CT molecular complexity index is 998. The van der Waals surface area contributed by atoms with Crippen LogP contribution in [0.3, 0.4) is 0 Å². The van der Waals surface area contributed by atoms with E-state index in [1.807, 2.05) is 20.8 Å². The highest BCUT2D eigenvalue weighted by atomic mass is 19.1. The zero-order valence-corrected chi connectivity index (χ0v) is 16.2. The number of hydrogen-bond acceptors (Lipinski definition) is 3. The summed E-state index contributed by atoms with van der Waals surface area (Å²) in [5, 5.41) is 11.2. The van der Waals surface area contributed by atoms with Crippen molar-refractivity contribution in [2.75, 3.05) is 0 Å². The van der Waals surface area contributed by atoms with Gasteiger partial charge in [0.05, 0.1) is 29.6 Å². The first-order valence-electron chi connectivity index (χ1n) is 9.83. The quantitative estimate of drug-likeness (QED) is 0.817. The van der Waals surface area contributed by atoms with Gasteiger partial charge < -0.3 is 9.84 Å². The van der Waals surface area contributed by atoms with E-state index in [1.54, 1.807) is 12.1 Å². The van der Waals surface area contributed by atoms with Crippen LogP contribution in [0, 0.1) is 38.4 Å². The average Bonchev–Trinajstić information content (AvgIpc) is 3.29. The molecule has 2 fully saturated rings. The molecule has 1 aliphatic carbocycles. The maximum absolute atomic E-state index is 13.3. The lowest BCUT2D eigenvalue weighted by Crippen LogP contribution is -2.33. The van der Waals surface area contributed by atoms with Gasteiger partial charge in [-0.25, -0.2) is 4.39 Å². The number of aliphatic hydroxyl groups is 1. The number of benzene rings is 2. The molecular weight excluding hydrogens is 355 g/mol. The van der Waals surface area contributed by atoms with Crippen molar-refractivity contribution in [3.8, 4) is 0 Å². The van der Waals surface area contributed by atoms with E-state index in [1.165, 1.54) is 12.1 Å². The molecule has 0 radical (unpaired) electrons. The van der Waals surface area contributed by atoms with Crippen molar-refractivity contribution in [3.63, 3.8) is 0 Å². The Morgan fingerprint density at radius 3 is 2.32 bits per heavy atom. The van der Waals surface area contributed by atoms with E-state index >= 15 is 0 Å². The minimum absolute atomic E-state index is 0.00242. The number of aryl methyl sites for hydroxylation is 3. The summed E-state index contributed by atoms with van der Waals surface area (Å²) < 4.78 is 19.4. The first kappa shape index (κ1) is 17.6. The van der Waals surface area contributed by atoms with Gasteiger partial charge in [-0.15, -0.1) is 0 Å². The van der Waals surface area contributed by atoms with Gasteiger partial charge in [0.2, 0.25) is 0 Å². The van der Waals surface area contributed by atoms with Crippen molar-refractivity contribution < 1.29 is 19.0 Å². The first-order chi connectivity index (χ1) is 13.4. The van der Waals surface area contributed by atoms with Crippen LogP contribution in [0.15, 0.2) is 42.2 Å². The number of hydrogen-bond donors (Lipinski definition) is 1. The topological polar surface area (TPSA) is 46.5 Å². The van der Waals surface area contributed by atoms with E-state index < -0.39 is 0 Å². The van der Waals surface area contributed by atoms with Gasteiger partial charge in [0.1, 0.15) is 11.6 Å². The van der Waals surface area contributed by atoms with Gasteiger partial charge in [-0.05, 0) is 61.6 Å². The highest BCUT2D eigenvalue weighted by molar-refractivity contribution is 6.26. The highest BCUT2D eigenvalue weighted by Gasteiger charge is 2.62. The number of carbonyl (C=O) groups excluding carboxylic acids is 1. The Balaban J connectivity index is 1.57. The van der Waals surface area contributed by atoms with Crippen LogP contribution in [0.2, 0.25) is 0 Å². The molecule has 5 rings (SSSR count). The van der Waals surface area contributed by atoms with Gasteiger partial charge in [0.25, 0.3) is 0 Å². The van der Waals surface area contributed by atoms with E-state index in [9.17, 15) is 14.3 Å². The van der Waals surface area contributed by atoms with Crippen LogP contribution >= 0.6 is 0 Å². The maximum atomic E-state index is 13.3. The van der Waals surface area contributed by atoms with Crippen molar-refractivity contribution in [2.24, 2.45) is 11.8 Å². The van der Waals surface area contributed by atoms with Crippen LogP contribution in [0.1, 0.15) is 40.2 Å². The first-order valence-corrected chi connectivity index (χ1v) is 9.83. The summed E-state index contributed by atoms with van der Waals surface area (Å²) >= 11 is 0. The normalized spacial score (nSPS) is 31.0. The van der Waals surface area contributed by atoms with Gasteiger partial charge in [0, 0.05) is 5.92 Å². The monoisotopic (exact) mass is 378 g/mol. The summed E-state index contributed by atoms with van der Waals surface area (Å²) in [6.45, 7) is 6.01. The van der Waals surface area contributed by atoms with E-state index in [-0.39, 0.29) is 47.3 Å². The number of rotatable bonds is 2. The summed E-state index contributed by atoms with van der Waals surface area (Å²) in [6, 6.07) is 10.6. The molecule has 2 aromatic carbocycles. The SMILES string of the molecule is Cc1cc(C)c(C2=C(O)[C@@H]3C4OC(CC4c4ccc(F)cc4)[C@@H]3C2=O)c(C)c1. The van der Waals surface area contributed by atoms with Crippen molar-refractivity contribution in [1.82, 2.24) is 0 Å². The third kappa shape index (κ3) is 2.34. The van der Waals surface area contributed by atoms with E-state index in [2.05, 4.69) is 12.1 Å². The molecule has 2 aliphatic heterocycles.